The number of rotatable bonds is 3. The fourth-order valence-corrected chi connectivity index (χ4v) is 1.68. The van der Waals surface area contributed by atoms with E-state index in [-0.39, 0.29) is 0 Å². The smallest absolute Gasteiger partial charge is 0.0962 e. The molecule has 1 atom stereocenters. The van der Waals surface area contributed by atoms with Crippen molar-refractivity contribution in [1.82, 2.24) is 4.98 Å². The van der Waals surface area contributed by atoms with Gasteiger partial charge in [0.25, 0.3) is 0 Å². The van der Waals surface area contributed by atoms with Crippen molar-refractivity contribution in [1.29, 1.82) is 0 Å². The molecule has 1 rings (SSSR count). The molecule has 0 amide bonds. The zero-order valence-corrected chi connectivity index (χ0v) is 8.64. The van der Waals surface area contributed by atoms with E-state index in [9.17, 15) is 0 Å². The fourth-order valence-electron chi connectivity index (χ4n) is 0.743. The van der Waals surface area contributed by atoms with E-state index in [1.807, 2.05) is 30.1 Å². The SMILES string of the molecule is CC(C)C(C)Sc1ccccn1. The second-order valence-corrected chi connectivity index (χ2v) is 4.63. The molecule has 1 unspecified atom stereocenters. The molecule has 0 spiro atoms. The van der Waals surface area contributed by atoms with E-state index in [4.69, 9.17) is 0 Å². The Hall–Kier alpha value is -0.500. The van der Waals surface area contributed by atoms with Gasteiger partial charge in [0.2, 0.25) is 0 Å². The predicted octanol–water partition coefficient (Wildman–Crippen LogP) is 3.22. The third-order valence-electron chi connectivity index (χ3n) is 1.88. The zero-order valence-electron chi connectivity index (χ0n) is 7.82. The van der Waals surface area contributed by atoms with Gasteiger partial charge in [-0.3, -0.25) is 0 Å². The maximum atomic E-state index is 4.26. The van der Waals surface area contributed by atoms with Crippen LogP contribution in [0.2, 0.25) is 0 Å². The summed E-state index contributed by atoms with van der Waals surface area (Å²) >= 11 is 1.84. The topological polar surface area (TPSA) is 12.9 Å². The summed E-state index contributed by atoms with van der Waals surface area (Å²) in [5.74, 6) is 0.706. The van der Waals surface area contributed by atoms with Gasteiger partial charge in [-0.25, -0.2) is 4.98 Å². The minimum atomic E-state index is 0.639. The standard InChI is InChI=1S/C10H15NS/c1-8(2)9(3)12-10-6-4-5-7-11-10/h4-9H,1-3H3. The van der Waals surface area contributed by atoms with Gasteiger partial charge in [-0.2, -0.15) is 0 Å². The minimum absolute atomic E-state index is 0.639. The Bertz CT molecular complexity index is 221. The van der Waals surface area contributed by atoms with E-state index in [0.29, 0.717) is 11.2 Å². The molecule has 66 valence electrons. The van der Waals surface area contributed by atoms with Gasteiger partial charge in [0.1, 0.15) is 0 Å². The monoisotopic (exact) mass is 181 g/mol. The average Bonchev–Trinajstić information content (AvgIpc) is 2.06. The molecular formula is C10H15NS. The lowest BCUT2D eigenvalue weighted by Crippen LogP contribution is -2.05. The van der Waals surface area contributed by atoms with Crippen LogP contribution in [-0.4, -0.2) is 10.2 Å². The van der Waals surface area contributed by atoms with Crippen molar-refractivity contribution < 1.29 is 0 Å². The Labute approximate surface area is 78.6 Å². The number of pyridine rings is 1. The quantitative estimate of drug-likeness (QED) is 0.664. The van der Waals surface area contributed by atoms with Gasteiger partial charge in [-0.1, -0.05) is 26.8 Å². The van der Waals surface area contributed by atoms with Gasteiger partial charge in [-0.15, -0.1) is 11.8 Å². The lowest BCUT2D eigenvalue weighted by molar-refractivity contribution is 0.641. The van der Waals surface area contributed by atoms with Crippen molar-refractivity contribution in [2.24, 2.45) is 5.92 Å². The van der Waals surface area contributed by atoms with Gasteiger partial charge < -0.3 is 0 Å². The predicted molar refractivity (Wildman–Crippen MR) is 54.4 cm³/mol. The molecule has 0 N–H and O–H groups in total. The molecular weight excluding hydrogens is 166 g/mol. The van der Waals surface area contributed by atoms with Crippen LogP contribution in [0.15, 0.2) is 29.4 Å². The molecule has 0 fully saturated rings. The second kappa shape index (κ2) is 4.51. The van der Waals surface area contributed by atoms with E-state index < -0.39 is 0 Å². The van der Waals surface area contributed by atoms with E-state index in [0.717, 1.165) is 5.03 Å². The van der Waals surface area contributed by atoms with E-state index in [1.165, 1.54) is 0 Å². The highest BCUT2D eigenvalue weighted by molar-refractivity contribution is 7.99. The van der Waals surface area contributed by atoms with Crippen molar-refractivity contribution in [3.05, 3.63) is 24.4 Å². The van der Waals surface area contributed by atoms with Gasteiger partial charge in [0, 0.05) is 11.4 Å². The van der Waals surface area contributed by atoms with Crippen LogP contribution >= 0.6 is 11.8 Å². The normalized spacial score (nSPS) is 13.3. The van der Waals surface area contributed by atoms with E-state index in [2.05, 4.69) is 31.8 Å². The van der Waals surface area contributed by atoms with Crippen LogP contribution in [0, 0.1) is 5.92 Å². The minimum Gasteiger partial charge on any atom is -0.250 e. The number of aromatic nitrogens is 1. The molecule has 1 heterocycles. The first kappa shape index (κ1) is 9.59. The van der Waals surface area contributed by atoms with Crippen molar-refractivity contribution >= 4 is 11.8 Å². The molecule has 0 saturated carbocycles. The highest BCUT2D eigenvalue weighted by atomic mass is 32.2. The van der Waals surface area contributed by atoms with Crippen LogP contribution in [0.5, 0.6) is 0 Å². The van der Waals surface area contributed by atoms with Crippen LogP contribution < -0.4 is 0 Å². The molecule has 0 bridgehead atoms. The first-order valence-electron chi connectivity index (χ1n) is 4.28. The Morgan fingerprint density at radius 1 is 1.25 bits per heavy atom. The lowest BCUT2D eigenvalue weighted by Gasteiger charge is -2.13. The number of hydrogen-bond donors (Lipinski definition) is 0. The van der Waals surface area contributed by atoms with Crippen molar-refractivity contribution in [3.8, 4) is 0 Å². The van der Waals surface area contributed by atoms with Crippen LogP contribution in [-0.2, 0) is 0 Å². The molecule has 12 heavy (non-hydrogen) atoms. The summed E-state index contributed by atoms with van der Waals surface area (Å²) in [6.45, 7) is 6.71. The summed E-state index contributed by atoms with van der Waals surface area (Å²) < 4.78 is 0. The molecule has 0 aliphatic carbocycles. The third kappa shape index (κ3) is 2.86. The lowest BCUT2D eigenvalue weighted by atomic mass is 10.2. The highest BCUT2D eigenvalue weighted by Crippen LogP contribution is 2.25. The average molecular weight is 181 g/mol. The number of nitrogens with zero attached hydrogens (tertiary/aromatic N) is 1. The summed E-state index contributed by atoms with van der Waals surface area (Å²) in [5.41, 5.74) is 0. The van der Waals surface area contributed by atoms with Crippen molar-refractivity contribution in [2.45, 2.75) is 31.0 Å². The van der Waals surface area contributed by atoms with Gasteiger partial charge in [-0.05, 0) is 18.1 Å². The molecule has 0 radical (unpaired) electrons. The molecule has 1 nitrogen and oxygen atoms in total. The van der Waals surface area contributed by atoms with Crippen LogP contribution in [0.3, 0.4) is 0 Å². The molecule has 0 aromatic carbocycles. The van der Waals surface area contributed by atoms with Crippen molar-refractivity contribution in [2.75, 3.05) is 0 Å². The number of hydrogen-bond acceptors (Lipinski definition) is 2. The fraction of sp³-hybridized carbons (Fsp3) is 0.500. The summed E-state index contributed by atoms with van der Waals surface area (Å²) in [4.78, 5) is 4.26. The van der Waals surface area contributed by atoms with Crippen LogP contribution in [0.1, 0.15) is 20.8 Å². The maximum Gasteiger partial charge on any atom is 0.0962 e. The Morgan fingerprint density at radius 3 is 2.50 bits per heavy atom. The zero-order chi connectivity index (χ0) is 8.97. The maximum absolute atomic E-state index is 4.26. The van der Waals surface area contributed by atoms with Gasteiger partial charge >= 0.3 is 0 Å². The van der Waals surface area contributed by atoms with E-state index >= 15 is 0 Å². The Balaban J connectivity index is 2.53. The van der Waals surface area contributed by atoms with E-state index in [1.54, 1.807) is 0 Å². The first-order valence-corrected chi connectivity index (χ1v) is 5.16. The van der Waals surface area contributed by atoms with Gasteiger partial charge in [0.05, 0.1) is 5.03 Å². The summed E-state index contributed by atoms with van der Waals surface area (Å²) in [5, 5.41) is 1.76. The van der Waals surface area contributed by atoms with Crippen LogP contribution in [0.25, 0.3) is 0 Å². The molecule has 1 aromatic rings. The van der Waals surface area contributed by atoms with Crippen molar-refractivity contribution in [3.63, 3.8) is 0 Å². The Kier molecular flexibility index (Phi) is 3.60. The summed E-state index contributed by atoms with van der Waals surface area (Å²) in [7, 11) is 0. The summed E-state index contributed by atoms with van der Waals surface area (Å²) in [6.07, 6.45) is 1.84. The molecule has 0 aliphatic rings. The summed E-state index contributed by atoms with van der Waals surface area (Å²) in [6, 6.07) is 6.04. The first-order chi connectivity index (χ1) is 5.70. The Morgan fingerprint density at radius 2 is 2.00 bits per heavy atom. The second-order valence-electron chi connectivity index (χ2n) is 3.23. The molecule has 0 saturated heterocycles. The van der Waals surface area contributed by atoms with Crippen LogP contribution in [0.4, 0.5) is 0 Å². The molecule has 1 aromatic heterocycles. The largest absolute Gasteiger partial charge is 0.250 e. The molecule has 2 heteroatoms. The molecule has 0 aliphatic heterocycles. The highest BCUT2D eigenvalue weighted by Gasteiger charge is 2.08. The number of thioether (sulfide) groups is 1. The van der Waals surface area contributed by atoms with Gasteiger partial charge in [0.15, 0.2) is 0 Å². The third-order valence-corrected chi connectivity index (χ3v) is 3.28.